The zero-order chi connectivity index (χ0) is 14.9. The van der Waals surface area contributed by atoms with E-state index in [0.717, 1.165) is 24.3 Å². The molecule has 2 aromatic carbocycles. The Bertz CT molecular complexity index is 660. The molecule has 0 saturated carbocycles. The molecular formula is C14H9F3O3. The Hall–Kier alpha value is -2.50. The van der Waals surface area contributed by atoms with E-state index in [2.05, 4.69) is 0 Å². The van der Waals surface area contributed by atoms with Gasteiger partial charge in [0.1, 0.15) is 23.2 Å². The van der Waals surface area contributed by atoms with E-state index in [4.69, 9.17) is 9.84 Å². The highest BCUT2D eigenvalue weighted by Gasteiger charge is 2.18. The van der Waals surface area contributed by atoms with Crippen LogP contribution in [0.5, 0.6) is 5.75 Å². The second-order valence-corrected chi connectivity index (χ2v) is 3.97. The number of ether oxygens (including phenoxy) is 1. The fourth-order valence-corrected chi connectivity index (χ4v) is 1.78. The smallest absolute Gasteiger partial charge is 0.335 e. The molecule has 0 unspecified atom stereocenters. The van der Waals surface area contributed by atoms with Crippen LogP contribution in [0, 0.1) is 17.5 Å². The van der Waals surface area contributed by atoms with Gasteiger partial charge in [0.2, 0.25) is 0 Å². The Morgan fingerprint density at radius 1 is 1.05 bits per heavy atom. The van der Waals surface area contributed by atoms with Gasteiger partial charge in [-0.1, -0.05) is 6.07 Å². The van der Waals surface area contributed by atoms with Crippen molar-refractivity contribution in [2.24, 2.45) is 0 Å². The van der Waals surface area contributed by atoms with Crippen molar-refractivity contribution in [1.29, 1.82) is 0 Å². The lowest BCUT2D eigenvalue weighted by molar-refractivity contribution is 0.0696. The Morgan fingerprint density at radius 2 is 1.65 bits per heavy atom. The summed E-state index contributed by atoms with van der Waals surface area (Å²) in [5.41, 5.74) is -1.23. The van der Waals surface area contributed by atoms with Gasteiger partial charge in [0.05, 0.1) is 18.2 Å². The minimum atomic E-state index is -1.33. The number of aromatic carboxylic acids is 1. The lowest BCUT2D eigenvalue weighted by Crippen LogP contribution is -2.00. The van der Waals surface area contributed by atoms with Crippen LogP contribution in [0.1, 0.15) is 10.4 Å². The fraction of sp³-hybridized carbons (Fsp3) is 0.0714. The molecule has 3 nitrogen and oxygen atoms in total. The molecular weight excluding hydrogens is 273 g/mol. The summed E-state index contributed by atoms with van der Waals surface area (Å²) in [5, 5.41) is 8.72. The fourth-order valence-electron chi connectivity index (χ4n) is 1.78. The lowest BCUT2D eigenvalue weighted by Gasteiger charge is -2.09. The molecule has 0 amide bonds. The molecule has 2 aromatic rings. The van der Waals surface area contributed by atoms with E-state index in [1.165, 1.54) is 7.11 Å². The number of carbonyl (C=O) groups is 1. The van der Waals surface area contributed by atoms with E-state index < -0.39 is 29.0 Å². The summed E-state index contributed by atoms with van der Waals surface area (Å²) in [6.45, 7) is 0. The monoisotopic (exact) mass is 282 g/mol. The van der Waals surface area contributed by atoms with Gasteiger partial charge >= 0.3 is 5.97 Å². The first-order valence-electron chi connectivity index (χ1n) is 5.50. The topological polar surface area (TPSA) is 46.5 Å². The number of benzene rings is 2. The minimum absolute atomic E-state index is 0.0358. The van der Waals surface area contributed by atoms with E-state index in [-0.39, 0.29) is 16.9 Å². The first kappa shape index (κ1) is 13.9. The van der Waals surface area contributed by atoms with E-state index in [9.17, 15) is 18.0 Å². The maximum atomic E-state index is 13.8. The summed E-state index contributed by atoms with van der Waals surface area (Å²) in [6, 6.07) is 4.64. The molecule has 0 aliphatic rings. The van der Waals surface area contributed by atoms with Crippen molar-refractivity contribution >= 4 is 5.97 Å². The molecule has 0 heterocycles. The molecule has 0 aliphatic heterocycles. The molecule has 0 aromatic heterocycles. The highest BCUT2D eigenvalue weighted by molar-refractivity contribution is 5.88. The van der Waals surface area contributed by atoms with Gasteiger partial charge in [0.25, 0.3) is 0 Å². The summed E-state index contributed by atoms with van der Waals surface area (Å²) in [6.07, 6.45) is 0. The molecule has 0 fully saturated rings. The van der Waals surface area contributed by atoms with Crippen LogP contribution in [0.15, 0.2) is 30.3 Å². The second-order valence-electron chi connectivity index (χ2n) is 3.97. The van der Waals surface area contributed by atoms with Crippen LogP contribution in [-0.4, -0.2) is 18.2 Å². The Morgan fingerprint density at radius 3 is 2.10 bits per heavy atom. The third-order valence-electron chi connectivity index (χ3n) is 2.74. The molecule has 0 radical (unpaired) electrons. The van der Waals surface area contributed by atoms with Crippen molar-refractivity contribution in [2.75, 3.05) is 7.11 Å². The maximum absolute atomic E-state index is 13.8. The largest absolute Gasteiger partial charge is 0.497 e. The minimum Gasteiger partial charge on any atom is -0.497 e. The van der Waals surface area contributed by atoms with Gasteiger partial charge in [-0.3, -0.25) is 0 Å². The third kappa shape index (κ3) is 2.45. The molecule has 1 N–H and O–H groups in total. The molecule has 0 aliphatic carbocycles. The SMILES string of the molecule is COc1cc(F)c(-c2ccc(C(=O)O)cc2F)c(F)c1. The second kappa shape index (κ2) is 5.24. The number of halogens is 3. The summed E-state index contributed by atoms with van der Waals surface area (Å²) in [5.74, 6) is -4.38. The van der Waals surface area contributed by atoms with Crippen LogP contribution < -0.4 is 4.74 Å². The van der Waals surface area contributed by atoms with Gasteiger partial charge in [-0.15, -0.1) is 0 Å². The predicted octanol–water partition coefficient (Wildman–Crippen LogP) is 3.48. The van der Waals surface area contributed by atoms with Crippen LogP contribution >= 0.6 is 0 Å². The van der Waals surface area contributed by atoms with Crippen molar-refractivity contribution in [3.63, 3.8) is 0 Å². The van der Waals surface area contributed by atoms with Crippen LogP contribution in [0.3, 0.4) is 0 Å². The number of carboxylic acid groups (broad SMARTS) is 1. The van der Waals surface area contributed by atoms with Gasteiger partial charge in [-0.25, -0.2) is 18.0 Å². The van der Waals surface area contributed by atoms with Gasteiger partial charge in [0, 0.05) is 17.7 Å². The Balaban J connectivity index is 2.60. The van der Waals surface area contributed by atoms with Gasteiger partial charge in [-0.05, 0) is 12.1 Å². The zero-order valence-corrected chi connectivity index (χ0v) is 10.3. The summed E-state index contributed by atoms with van der Waals surface area (Å²) < 4.78 is 46.1. The van der Waals surface area contributed by atoms with Crippen LogP contribution in [-0.2, 0) is 0 Å². The molecule has 0 atom stereocenters. The first-order chi connectivity index (χ1) is 9.43. The molecule has 2 rings (SSSR count). The van der Waals surface area contributed by atoms with E-state index in [1.807, 2.05) is 0 Å². The van der Waals surface area contributed by atoms with E-state index in [0.29, 0.717) is 6.07 Å². The van der Waals surface area contributed by atoms with Crippen molar-refractivity contribution in [2.45, 2.75) is 0 Å². The molecule has 104 valence electrons. The number of rotatable bonds is 3. The van der Waals surface area contributed by atoms with Crippen molar-refractivity contribution in [1.82, 2.24) is 0 Å². The molecule has 0 bridgehead atoms. The van der Waals surface area contributed by atoms with Crippen molar-refractivity contribution < 1.29 is 27.8 Å². The summed E-state index contributed by atoms with van der Waals surface area (Å²) in [4.78, 5) is 10.7. The van der Waals surface area contributed by atoms with E-state index >= 15 is 0 Å². The number of hydrogen-bond acceptors (Lipinski definition) is 2. The van der Waals surface area contributed by atoms with Crippen molar-refractivity contribution in [3.05, 3.63) is 53.3 Å². The molecule has 0 saturated heterocycles. The quantitative estimate of drug-likeness (QED) is 0.937. The maximum Gasteiger partial charge on any atom is 0.335 e. The predicted molar refractivity (Wildman–Crippen MR) is 65.3 cm³/mol. The van der Waals surface area contributed by atoms with Crippen molar-refractivity contribution in [3.8, 4) is 16.9 Å². The average molecular weight is 282 g/mol. The molecule has 20 heavy (non-hydrogen) atoms. The third-order valence-corrected chi connectivity index (χ3v) is 2.74. The normalized spacial score (nSPS) is 10.4. The first-order valence-corrected chi connectivity index (χ1v) is 5.50. The van der Waals surface area contributed by atoms with Gasteiger partial charge in [-0.2, -0.15) is 0 Å². The number of carboxylic acids is 1. The van der Waals surface area contributed by atoms with Crippen LogP contribution in [0.25, 0.3) is 11.1 Å². The Kier molecular flexibility index (Phi) is 3.65. The highest BCUT2D eigenvalue weighted by atomic mass is 19.1. The zero-order valence-electron chi connectivity index (χ0n) is 10.3. The standard InChI is InChI=1S/C14H9F3O3/c1-20-8-5-11(16)13(12(17)6-8)9-3-2-7(14(18)19)4-10(9)15/h2-6H,1H3,(H,18,19). The van der Waals surface area contributed by atoms with E-state index in [1.54, 1.807) is 0 Å². The van der Waals surface area contributed by atoms with Gasteiger partial charge < -0.3 is 9.84 Å². The molecule has 6 heteroatoms. The molecule has 0 spiro atoms. The van der Waals surface area contributed by atoms with Gasteiger partial charge in [0.15, 0.2) is 0 Å². The summed E-state index contributed by atoms with van der Waals surface area (Å²) in [7, 11) is 1.25. The highest BCUT2D eigenvalue weighted by Crippen LogP contribution is 2.31. The van der Waals surface area contributed by atoms with Crippen LogP contribution in [0.4, 0.5) is 13.2 Å². The average Bonchev–Trinajstić information content (AvgIpc) is 2.39. The lowest BCUT2D eigenvalue weighted by atomic mass is 10.0. The Labute approximate surface area is 112 Å². The number of hydrogen-bond donors (Lipinski definition) is 1. The van der Waals surface area contributed by atoms with Crippen LogP contribution in [0.2, 0.25) is 0 Å². The number of methoxy groups -OCH3 is 1. The summed E-state index contributed by atoms with van der Waals surface area (Å²) >= 11 is 0.